The summed E-state index contributed by atoms with van der Waals surface area (Å²) < 4.78 is 0.423. The highest BCUT2D eigenvalue weighted by molar-refractivity contribution is 9.10. The van der Waals surface area contributed by atoms with Crippen molar-refractivity contribution in [3.8, 4) is 0 Å². The maximum atomic E-state index is 11.2. The van der Waals surface area contributed by atoms with Crippen LogP contribution in [0.25, 0.3) is 0 Å². The first-order valence-electron chi connectivity index (χ1n) is 4.29. The number of aromatic amines is 1. The average molecular weight is 260 g/mol. The van der Waals surface area contributed by atoms with Crippen molar-refractivity contribution < 1.29 is 5.11 Å². The Balaban J connectivity index is 2.25. The summed E-state index contributed by atoms with van der Waals surface area (Å²) in [4.78, 5) is 11.2. The summed E-state index contributed by atoms with van der Waals surface area (Å²) in [7, 11) is 0. The van der Waals surface area contributed by atoms with E-state index in [0.29, 0.717) is 10.2 Å². The van der Waals surface area contributed by atoms with Crippen molar-refractivity contribution >= 4 is 21.6 Å². The molecule has 6 heteroatoms. The fourth-order valence-electron chi connectivity index (χ4n) is 1.23. The highest BCUT2D eigenvalue weighted by Gasteiger charge is 2.42. The quantitative estimate of drug-likeness (QED) is 0.738. The summed E-state index contributed by atoms with van der Waals surface area (Å²) in [6.07, 6.45) is 3.37. The molecule has 1 aromatic rings. The molecule has 0 atom stereocenters. The van der Waals surface area contributed by atoms with Crippen LogP contribution < -0.4 is 10.9 Å². The van der Waals surface area contributed by atoms with Crippen molar-refractivity contribution in [1.82, 2.24) is 10.2 Å². The van der Waals surface area contributed by atoms with E-state index < -0.39 is 0 Å². The van der Waals surface area contributed by atoms with Gasteiger partial charge in [0.1, 0.15) is 4.47 Å². The number of rotatable bonds is 3. The van der Waals surface area contributed by atoms with E-state index in [2.05, 4.69) is 31.4 Å². The van der Waals surface area contributed by atoms with E-state index in [1.807, 2.05) is 0 Å². The molecule has 3 N–H and O–H groups in total. The third kappa shape index (κ3) is 1.67. The first-order chi connectivity index (χ1) is 6.67. The van der Waals surface area contributed by atoms with E-state index in [0.717, 1.165) is 12.8 Å². The van der Waals surface area contributed by atoms with Crippen LogP contribution in [0, 0.1) is 0 Å². The predicted octanol–water partition coefficient (Wildman–Crippen LogP) is 0.469. The molecule has 1 heterocycles. The van der Waals surface area contributed by atoms with Gasteiger partial charge in [0.2, 0.25) is 0 Å². The molecule has 1 aliphatic carbocycles. The first kappa shape index (κ1) is 9.67. The number of hydrogen-bond donors (Lipinski definition) is 3. The topological polar surface area (TPSA) is 78.0 Å². The maximum absolute atomic E-state index is 11.2. The van der Waals surface area contributed by atoms with Crippen LogP contribution in [-0.4, -0.2) is 27.4 Å². The molecule has 0 amide bonds. The van der Waals surface area contributed by atoms with E-state index in [1.165, 1.54) is 6.20 Å². The van der Waals surface area contributed by atoms with Crippen molar-refractivity contribution in [2.75, 3.05) is 11.9 Å². The molecule has 0 unspecified atom stereocenters. The Kier molecular flexibility index (Phi) is 2.32. The van der Waals surface area contributed by atoms with Crippen LogP contribution in [0.5, 0.6) is 0 Å². The molecule has 1 aliphatic rings. The van der Waals surface area contributed by atoms with Crippen molar-refractivity contribution in [2.24, 2.45) is 0 Å². The summed E-state index contributed by atoms with van der Waals surface area (Å²) in [6, 6.07) is 0. The smallest absolute Gasteiger partial charge is 0.280 e. The molecule has 0 saturated heterocycles. The highest BCUT2D eigenvalue weighted by Crippen LogP contribution is 2.39. The van der Waals surface area contributed by atoms with Crippen molar-refractivity contribution in [2.45, 2.75) is 18.4 Å². The third-order valence-electron chi connectivity index (χ3n) is 2.35. The van der Waals surface area contributed by atoms with Crippen LogP contribution in [0.3, 0.4) is 0 Å². The Hall–Kier alpha value is -0.880. The number of hydrogen-bond acceptors (Lipinski definition) is 4. The summed E-state index contributed by atoms with van der Waals surface area (Å²) >= 11 is 3.16. The van der Waals surface area contributed by atoms with Crippen molar-refractivity contribution in [3.05, 3.63) is 21.0 Å². The molecule has 0 radical (unpaired) electrons. The Morgan fingerprint density at radius 1 is 1.71 bits per heavy atom. The molecule has 76 valence electrons. The lowest BCUT2D eigenvalue weighted by Crippen LogP contribution is -2.27. The number of aliphatic hydroxyl groups is 1. The van der Waals surface area contributed by atoms with Crippen LogP contribution in [0.4, 0.5) is 5.69 Å². The lowest BCUT2D eigenvalue weighted by molar-refractivity contribution is 0.266. The number of nitrogens with one attached hydrogen (secondary N) is 2. The summed E-state index contributed by atoms with van der Waals surface area (Å²) in [5, 5.41) is 18.2. The first-order valence-corrected chi connectivity index (χ1v) is 5.08. The SMILES string of the molecule is O=c1[nH]ncc(NC2(CO)CC2)c1Br. The van der Waals surface area contributed by atoms with Gasteiger partial charge in [-0.15, -0.1) is 0 Å². The molecule has 0 aliphatic heterocycles. The zero-order chi connectivity index (χ0) is 10.2. The average Bonchev–Trinajstić information content (AvgIpc) is 2.94. The summed E-state index contributed by atoms with van der Waals surface area (Å²) in [5.41, 5.74) is 0.113. The van der Waals surface area contributed by atoms with Crippen LogP contribution in [-0.2, 0) is 0 Å². The molecule has 2 rings (SSSR count). The second-order valence-electron chi connectivity index (χ2n) is 3.49. The van der Waals surface area contributed by atoms with E-state index in [1.54, 1.807) is 0 Å². The van der Waals surface area contributed by atoms with Gasteiger partial charge >= 0.3 is 0 Å². The Morgan fingerprint density at radius 3 is 3.00 bits per heavy atom. The lowest BCUT2D eigenvalue weighted by Gasteiger charge is -2.15. The number of H-pyrrole nitrogens is 1. The van der Waals surface area contributed by atoms with Crippen LogP contribution in [0.1, 0.15) is 12.8 Å². The van der Waals surface area contributed by atoms with Gasteiger partial charge in [-0.2, -0.15) is 5.10 Å². The maximum Gasteiger partial charge on any atom is 0.280 e. The van der Waals surface area contributed by atoms with Gasteiger partial charge in [-0.25, -0.2) is 5.10 Å². The van der Waals surface area contributed by atoms with Crippen LogP contribution in [0.2, 0.25) is 0 Å². The Bertz CT molecular complexity index is 400. The van der Waals surface area contributed by atoms with Crippen LogP contribution >= 0.6 is 15.9 Å². The van der Waals surface area contributed by atoms with Gasteiger partial charge in [-0.1, -0.05) is 0 Å². The number of aromatic nitrogens is 2. The molecule has 0 aromatic carbocycles. The minimum atomic E-state index is -0.274. The van der Waals surface area contributed by atoms with Gasteiger partial charge in [-0.3, -0.25) is 4.79 Å². The molecule has 0 bridgehead atoms. The van der Waals surface area contributed by atoms with E-state index >= 15 is 0 Å². The van der Waals surface area contributed by atoms with Crippen LogP contribution in [0.15, 0.2) is 15.5 Å². The van der Waals surface area contributed by atoms with Crippen molar-refractivity contribution in [3.63, 3.8) is 0 Å². The lowest BCUT2D eigenvalue weighted by atomic mass is 10.3. The zero-order valence-electron chi connectivity index (χ0n) is 7.38. The molecule has 14 heavy (non-hydrogen) atoms. The number of aliphatic hydroxyl groups excluding tert-OH is 1. The fourth-order valence-corrected chi connectivity index (χ4v) is 1.52. The second-order valence-corrected chi connectivity index (χ2v) is 4.28. The van der Waals surface area contributed by atoms with E-state index in [4.69, 9.17) is 5.11 Å². The molecule has 1 saturated carbocycles. The zero-order valence-corrected chi connectivity index (χ0v) is 8.97. The normalized spacial score (nSPS) is 17.9. The van der Waals surface area contributed by atoms with E-state index in [9.17, 15) is 4.79 Å². The fraction of sp³-hybridized carbons (Fsp3) is 0.500. The molecule has 1 aromatic heterocycles. The van der Waals surface area contributed by atoms with Gasteiger partial charge in [0.05, 0.1) is 24.0 Å². The Morgan fingerprint density at radius 2 is 2.43 bits per heavy atom. The Labute approximate surface area is 88.7 Å². The standard InChI is InChI=1S/C8H10BrN3O2/c9-6-5(3-10-12-7(6)14)11-8(4-13)1-2-8/h3,13H,1-2,4H2,(H2,11,12,14). The molecule has 1 fully saturated rings. The highest BCUT2D eigenvalue weighted by atomic mass is 79.9. The number of anilines is 1. The largest absolute Gasteiger partial charge is 0.394 e. The van der Waals surface area contributed by atoms with Gasteiger partial charge in [-0.05, 0) is 28.8 Å². The van der Waals surface area contributed by atoms with E-state index in [-0.39, 0.29) is 17.7 Å². The summed E-state index contributed by atoms with van der Waals surface area (Å²) in [5.74, 6) is 0. The molecule has 0 spiro atoms. The molecular formula is C8H10BrN3O2. The van der Waals surface area contributed by atoms with Crippen molar-refractivity contribution in [1.29, 1.82) is 0 Å². The predicted molar refractivity (Wildman–Crippen MR) is 55.2 cm³/mol. The molecular weight excluding hydrogens is 250 g/mol. The van der Waals surface area contributed by atoms with Gasteiger partial charge < -0.3 is 10.4 Å². The number of halogens is 1. The molecule has 5 nitrogen and oxygen atoms in total. The van der Waals surface area contributed by atoms with Gasteiger partial charge in [0.25, 0.3) is 5.56 Å². The monoisotopic (exact) mass is 259 g/mol. The summed E-state index contributed by atoms with van der Waals surface area (Å²) in [6.45, 7) is 0.0756. The second kappa shape index (κ2) is 3.36. The van der Waals surface area contributed by atoms with Gasteiger partial charge in [0.15, 0.2) is 0 Å². The third-order valence-corrected chi connectivity index (χ3v) is 3.14. The minimum absolute atomic E-state index is 0.0756. The number of nitrogens with zero attached hydrogens (tertiary/aromatic N) is 1. The van der Waals surface area contributed by atoms with Gasteiger partial charge in [0, 0.05) is 0 Å². The minimum Gasteiger partial charge on any atom is -0.394 e.